The minimum Gasteiger partial charge on any atom is -0.445 e. The van der Waals surface area contributed by atoms with E-state index in [-0.39, 0.29) is 18.2 Å². The molecule has 5 aromatic rings. The fraction of sp³-hybridized carbons (Fsp3) is 0.241. The van der Waals surface area contributed by atoms with E-state index in [1.807, 2.05) is 41.2 Å². The number of amides is 1. The molecule has 1 amide bonds. The highest BCUT2D eigenvalue weighted by molar-refractivity contribution is 7.19. The first-order chi connectivity index (χ1) is 19.0. The van der Waals surface area contributed by atoms with Gasteiger partial charge in [0.15, 0.2) is 0 Å². The molecule has 10 heteroatoms. The Morgan fingerprint density at radius 3 is 2.92 bits per heavy atom. The Hall–Kier alpha value is -4.46. The maximum atomic E-state index is 11.8. The minimum absolute atomic E-state index is 0.0339. The van der Waals surface area contributed by atoms with Crippen molar-refractivity contribution in [2.45, 2.75) is 25.1 Å². The highest BCUT2D eigenvalue weighted by atomic mass is 32.1. The van der Waals surface area contributed by atoms with Gasteiger partial charge in [-0.1, -0.05) is 42.2 Å². The Bertz CT molecular complexity index is 1700. The van der Waals surface area contributed by atoms with Gasteiger partial charge in [0.1, 0.15) is 23.1 Å². The van der Waals surface area contributed by atoms with Crippen LogP contribution in [0.5, 0.6) is 0 Å². The summed E-state index contributed by atoms with van der Waals surface area (Å²) in [5.41, 5.74) is 3.21. The quantitative estimate of drug-likeness (QED) is 0.316. The van der Waals surface area contributed by atoms with Gasteiger partial charge < -0.3 is 15.0 Å². The van der Waals surface area contributed by atoms with E-state index in [1.54, 1.807) is 20.4 Å². The summed E-state index contributed by atoms with van der Waals surface area (Å²) < 4.78 is 7.47. The van der Waals surface area contributed by atoms with Crippen LogP contribution in [0.15, 0.2) is 67.1 Å². The molecule has 0 aliphatic carbocycles. The average molecular weight is 538 g/mol. The van der Waals surface area contributed by atoms with E-state index in [0.717, 1.165) is 44.0 Å². The van der Waals surface area contributed by atoms with Gasteiger partial charge in [0.2, 0.25) is 0 Å². The van der Waals surface area contributed by atoms with Gasteiger partial charge in [0.25, 0.3) is 0 Å². The molecule has 0 radical (unpaired) electrons. The largest absolute Gasteiger partial charge is 0.445 e. The van der Waals surface area contributed by atoms with Crippen LogP contribution in [0.3, 0.4) is 0 Å². The predicted molar refractivity (Wildman–Crippen MR) is 153 cm³/mol. The Labute approximate surface area is 229 Å². The van der Waals surface area contributed by atoms with Crippen LogP contribution in [-0.2, 0) is 11.3 Å². The third kappa shape index (κ3) is 5.55. The lowest BCUT2D eigenvalue weighted by Crippen LogP contribution is -2.29. The first-order valence-corrected chi connectivity index (χ1v) is 13.5. The second kappa shape index (κ2) is 10.7. The van der Waals surface area contributed by atoms with E-state index in [4.69, 9.17) is 4.74 Å². The third-order valence-electron chi connectivity index (χ3n) is 6.50. The standard InChI is InChI=1S/C29H27N7O2S/c1-35(2)29(37)38-23-13-21(30-16-23)8-10-24-14-25-27(31-18-32-28(25)39-24)34-22-9-11-26-20(12-22)15-33-36(26)17-19-6-4-3-5-7-19/h3-7,9,11-12,14-15,18,21,23,30H,13,16-17H2,1-2H3,(H,31,32,34). The van der Waals surface area contributed by atoms with Crippen LogP contribution in [0, 0.1) is 11.8 Å². The van der Waals surface area contributed by atoms with Crippen molar-refractivity contribution in [3.05, 3.63) is 77.6 Å². The van der Waals surface area contributed by atoms with Gasteiger partial charge in [-0.2, -0.15) is 5.10 Å². The van der Waals surface area contributed by atoms with E-state index in [1.165, 1.54) is 21.8 Å². The number of nitrogens with one attached hydrogen (secondary N) is 2. The predicted octanol–water partition coefficient (Wildman–Crippen LogP) is 4.61. The molecule has 2 atom stereocenters. The Morgan fingerprint density at radius 1 is 1.21 bits per heavy atom. The van der Waals surface area contributed by atoms with Crippen LogP contribution in [0.2, 0.25) is 0 Å². The van der Waals surface area contributed by atoms with Crippen molar-refractivity contribution < 1.29 is 9.53 Å². The first-order valence-electron chi connectivity index (χ1n) is 12.7. The van der Waals surface area contributed by atoms with Gasteiger partial charge in [-0.15, -0.1) is 11.3 Å². The molecule has 9 nitrogen and oxygen atoms in total. The lowest BCUT2D eigenvalue weighted by atomic mass is 10.2. The van der Waals surface area contributed by atoms with Gasteiger partial charge in [0.05, 0.1) is 34.6 Å². The summed E-state index contributed by atoms with van der Waals surface area (Å²) in [6.45, 7) is 1.32. The van der Waals surface area contributed by atoms with Crippen molar-refractivity contribution in [2.24, 2.45) is 0 Å². The molecular weight excluding hydrogens is 510 g/mol. The molecule has 4 heterocycles. The Kier molecular flexibility index (Phi) is 6.84. The van der Waals surface area contributed by atoms with Crippen LogP contribution >= 0.6 is 11.3 Å². The molecule has 2 aromatic carbocycles. The topological polar surface area (TPSA) is 97.2 Å². The summed E-state index contributed by atoms with van der Waals surface area (Å²) in [5.74, 6) is 7.26. The normalized spacial score (nSPS) is 16.7. The Balaban J connectivity index is 1.16. The second-order valence-corrected chi connectivity index (χ2v) is 10.6. The summed E-state index contributed by atoms with van der Waals surface area (Å²) in [6, 6.07) is 18.5. The van der Waals surface area contributed by atoms with E-state index in [9.17, 15) is 4.79 Å². The van der Waals surface area contributed by atoms with Gasteiger partial charge in [-0.3, -0.25) is 10.00 Å². The zero-order valence-corrected chi connectivity index (χ0v) is 22.4. The number of aromatic nitrogens is 4. The maximum Gasteiger partial charge on any atom is 0.409 e. The molecule has 1 saturated heterocycles. The molecule has 1 fully saturated rings. The molecular formula is C29H27N7O2S. The lowest BCUT2D eigenvalue weighted by Gasteiger charge is -2.15. The number of hydrogen-bond acceptors (Lipinski definition) is 8. The number of fused-ring (bicyclic) bond motifs is 2. The van der Waals surface area contributed by atoms with Crippen LogP contribution in [0.4, 0.5) is 16.3 Å². The zero-order chi connectivity index (χ0) is 26.8. The van der Waals surface area contributed by atoms with Crippen molar-refractivity contribution in [3.63, 3.8) is 0 Å². The van der Waals surface area contributed by atoms with Crippen molar-refractivity contribution in [1.29, 1.82) is 0 Å². The molecule has 196 valence electrons. The van der Waals surface area contributed by atoms with Crippen LogP contribution < -0.4 is 10.6 Å². The fourth-order valence-electron chi connectivity index (χ4n) is 4.51. The van der Waals surface area contributed by atoms with Crippen molar-refractivity contribution in [2.75, 3.05) is 26.0 Å². The van der Waals surface area contributed by atoms with Crippen LogP contribution in [0.25, 0.3) is 21.1 Å². The van der Waals surface area contributed by atoms with E-state index < -0.39 is 0 Å². The van der Waals surface area contributed by atoms with Gasteiger partial charge in [0, 0.05) is 38.1 Å². The molecule has 1 aliphatic rings. The summed E-state index contributed by atoms with van der Waals surface area (Å²) >= 11 is 1.53. The highest BCUT2D eigenvalue weighted by Crippen LogP contribution is 2.30. The number of thiophene rings is 1. The molecule has 0 bridgehead atoms. The highest BCUT2D eigenvalue weighted by Gasteiger charge is 2.26. The lowest BCUT2D eigenvalue weighted by molar-refractivity contribution is 0.0826. The van der Waals surface area contributed by atoms with E-state index >= 15 is 0 Å². The number of carbonyl (C=O) groups is 1. The van der Waals surface area contributed by atoms with E-state index in [2.05, 4.69) is 61.8 Å². The van der Waals surface area contributed by atoms with Gasteiger partial charge in [-0.05, 0) is 29.8 Å². The monoisotopic (exact) mass is 537 g/mol. The van der Waals surface area contributed by atoms with Crippen molar-refractivity contribution in [3.8, 4) is 11.8 Å². The number of benzene rings is 2. The van der Waals surface area contributed by atoms with Gasteiger partial charge >= 0.3 is 6.09 Å². The van der Waals surface area contributed by atoms with Crippen molar-refractivity contribution >= 4 is 50.1 Å². The van der Waals surface area contributed by atoms with Crippen molar-refractivity contribution in [1.82, 2.24) is 30.0 Å². The fourth-order valence-corrected chi connectivity index (χ4v) is 5.37. The zero-order valence-electron chi connectivity index (χ0n) is 21.6. The molecule has 0 saturated carbocycles. The molecule has 0 spiro atoms. The number of nitrogens with zero attached hydrogens (tertiary/aromatic N) is 5. The molecule has 2 unspecified atom stereocenters. The first kappa shape index (κ1) is 24.9. The molecule has 3 aromatic heterocycles. The molecule has 39 heavy (non-hydrogen) atoms. The maximum absolute atomic E-state index is 11.8. The number of anilines is 2. The molecule has 1 aliphatic heterocycles. The summed E-state index contributed by atoms with van der Waals surface area (Å²) in [7, 11) is 3.35. The smallest absolute Gasteiger partial charge is 0.409 e. The van der Waals surface area contributed by atoms with E-state index in [0.29, 0.717) is 13.0 Å². The Morgan fingerprint density at radius 2 is 2.08 bits per heavy atom. The average Bonchev–Trinajstić information content (AvgIpc) is 3.67. The summed E-state index contributed by atoms with van der Waals surface area (Å²) in [4.78, 5) is 23.9. The minimum atomic E-state index is -0.335. The molecule has 2 N–H and O–H groups in total. The molecule has 6 rings (SSSR count). The second-order valence-electron chi connectivity index (χ2n) is 9.60. The van der Waals surface area contributed by atoms with Crippen LogP contribution in [0.1, 0.15) is 16.9 Å². The SMILES string of the molecule is CN(C)C(=O)OC1CNC(C#Cc2cc3c(Nc4ccc5c(cnn5Cc5ccccc5)c4)ncnc3s2)C1. The van der Waals surface area contributed by atoms with Gasteiger partial charge in [-0.25, -0.2) is 14.8 Å². The van der Waals surface area contributed by atoms with Crippen LogP contribution in [-0.4, -0.2) is 63.5 Å². The summed E-state index contributed by atoms with van der Waals surface area (Å²) in [5, 5.41) is 13.3. The number of hydrogen-bond donors (Lipinski definition) is 2. The number of rotatable bonds is 5. The summed E-state index contributed by atoms with van der Waals surface area (Å²) in [6.07, 6.45) is 3.61. The third-order valence-corrected chi connectivity index (χ3v) is 7.46. The number of ether oxygens (including phenoxy) is 1. The number of carbonyl (C=O) groups excluding carboxylic acids is 1.